The van der Waals surface area contributed by atoms with Gasteiger partial charge in [-0.3, -0.25) is 18.4 Å². The van der Waals surface area contributed by atoms with E-state index < -0.39 is 37.9 Å². The first-order chi connectivity index (χ1) is 10.5. The average molecular weight is 330 g/mol. The van der Waals surface area contributed by atoms with E-state index >= 15 is 0 Å². The molecule has 4 rings (SSSR count). The lowest BCUT2D eigenvalue weighted by molar-refractivity contribution is -0.0664. The van der Waals surface area contributed by atoms with E-state index in [4.69, 9.17) is 9.26 Å². The first-order valence-electron chi connectivity index (χ1n) is 6.36. The summed E-state index contributed by atoms with van der Waals surface area (Å²) in [6, 6.07) is 0. The molecule has 11 nitrogen and oxygen atoms in total. The Balaban J connectivity index is 1.73. The molecule has 118 valence electrons. The van der Waals surface area contributed by atoms with Gasteiger partial charge >= 0.3 is 7.82 Å². The fourth-order valence-corrected chi connectivity index (χ4v) is 3.58. The number of H-pyrrole nitrogens is 1. The minimum Gasteiger partial charge on any atom is -0.386 e. The van der Waals surface area contributed by atoms with Gasteiger partial charge in [-0.1, -0.05) is 0 Å². The number of rotatable bonds is 1. The Hall–Kier alpha value is -1.62. The number of aromatic amines is 1. The van der Waals surface area contributed by atoms with Crippen LogP contribution in [0.25, 0.3) is 11.2 Å². The zero-order valence-electron chi connectivity index (χ0n) is 10.9. The second-order valence-corrected chi connectivity index (χ2v) is 6.35. The number of aromatic nitrogens is 4. The fourth-order valence-electron chi connectivity index (χ4n) is 2.61. The number of aliphatic hydroxyl groups excluding tert-OH is 1. The summed E-state index contributed by atoms with van der Waals surface area (Å²) in [5.74, 6) is 0. The van der Waals surface area contributed by atoms with E-state index in [2.05, 4.69) is 19.5 Å². The van der Waals surface area contributed by atoms with Crippen molar-refractivity contribution < 1.29 is 28.3 Å². The van der Waals surface area contributed by atoms with Gasteiger partial charge in [0.1, 0.15) is 18.3 Å². The van der Waals surface area contributed by atoms with Crippen molar-refractivity contribution >= 4 is 19.0 Å². The third-order valence-corrected chi connectivity index (χ3v) is 4.59. The maximum atomic E-state index is 11.6. The average Bonchev–Trinajstić information content (AvgIpc) is 3.01. The molecule has 0 aromatic carbocycles. The summed E-state index contributed by atoms with van der Waals surface area (Å²) >= 11 is 0. The molecule has 0 spiro atoms. The molecule has 0 bridgehead atoms. The molecular formula is C10H11N4O7P. The largest absolute Gasteiger partial charge is 0.472 e. The summed E-state index contributed by atoms with van der Waals surface area (Å²) in [7, 11) is -4.19. The summed E-state index contributed by atoms with van der Waals surface area (Å²) in [5, 5.41) is 10.3. The quantitative estimate of drug-likeness (QED) is 0.553. The molecule has 12 heteroatoms. The van der Waals surface area contributed by atoms with Crippen LogP contribution in [0.2, 0.25) is 0 Å². The molecule has 0 radical (unpaired) electrons. The lowest BCUT2D eigenvalue weighted by Crippen LogP contribution is -2.39. The van der Waals surface area contributed by atoms with E-state index in [1.165, 1.54) is 17.2 Å². The molecule has 2 fully saturated rings. The number of fused-ring (bicyclic) bond motifs is 2. The van der Waals surface area contributed by atoms with E-state index in [1.807, 2.05) is 0 Å². The zero-order chi connectivity index (χ0) is 15.5. The van der Waals surface area contributed by atoms with Crippen molar-refractivity contribution in [2.24, 2.45) is 0 Å². The topological polar surface area (TPSA) is 149 Å². The monoisotopic (exact) mass is 330 g/mol. The molecule has 0 amide bonds. The third kappa shape index (κ3) is 2.02. The van der Waals surface area contributed by atoms with Crippen LogP contribution in [-0.4, -0.2) is 54.4 Å². The van der Waals surface area contributed by atoms with Crippen molar-refractivity contribution in [2.75, 3.05) is 6.61 Å². The predicted octanol–water partition coefficient (Wildman–Crippen LogP) is -1.11. The zero-order valence-corrected chi connectivity index (χ0v) is 11.8. The summed E-state index contributed by atoms with van der Waals surface area (Å²) in [5.41, 5.74) is -0.106. The SMILES string of the molecule is O=c1[nH]cnc2c1ncn2[C@H]1O[C@H]2COP(=O)(O)O[C@H]2[C@@H]1O. The van der Waals surface area contributed by atoms with Crippen LogP contribution in [-0.2, 0) is 18.3 Å². The number of phosphoric ester groups is 1. The highest BCUT2D eigenvalue weighted by Gasteiger charge is 2.52. The van der Waals surface area contributed by atoms with Gasteiger partial charge in [0.15, 0.2) is 17.4 Å². The molecule has 0 saturated carbocycles. The van der Waals surface area contributed by atoms with Gasteiger partial charge < -0.3 is 19.7 Å². The number of aliphatic hydroxyl groups is 1. The van der Waals surface area contributed by atoms with Gasteiger partial charge in [-0.2, -0.15) is 0 Å². The van der Waals surface area contributed by atoms with Crippen molar-refractivity contribution in [3.05, 3.63) is 23.0 Å². The van der Waals surface area contributed by atoms with Crippen molar-refractivity contribution in [1.29, 1.82) is 0 Å². The number of imidazole rings is 1. The van der Waals surface area contributed by atoms with Gasteiger partial charge in [0.25, 0.3) is 5.56 Å². The summed E-state index contributed by atoms with van der Waals surface area (Å²) in [6.07, 6.45) is -1.43. The second-order valence-electron chi connectivity index (χ2n) is 4.95. The van der Waals surface area contributed by atoms with Gasteiger partial charge in [-0.25, -0.2) is 14.5 Å². The Morgan fingerprint density at radius 1 is 1.45 bits per heavy atom. The van der Waals surface area contributed by atoms with Gasteiger partial charge in [0, 0.05) is 0 Å². The molecule has 2 saturated heterocycles. The van der Waals surface area contributed by atoms with E-state index in [0.29, 0.717) is 0 Å². The van der Waals surface area contributed by atoms with Crippen LogP contribution >= 0.6 is 7.82 Å². The van der Waals surface area contributed by atoms with E-state index in [1.54, 1.807) is 0 Å². The molecule has 1 unspecified atom stereocenters. The van der Waals surface area contributed by atoms with E-state index in [-0.39, 0.29) is 17.8 Å². The summed E-state index contributed by atoms with van der Waals surface area (Å²) in [4.78, 5) is 31.3. The predicted molar refractivity (Wildman–Crippen MR) is 68.7 cm³/mol. The van der Waals surface area contributed by atoms with Gasteiger partial charge in [0.05, 0.1) is 19.3 Å². The minimum absolute atomic E-state index is 0.0955. The number of nitrogens with one attached hydrogen (secondary N) is 1. The van der Waals surface area contributed by atoms with Crippen molar-refractivity contribution in [3.8, 4) is 0 Å². The number of hydrogen-bond acceptors (Lipinski definition) is 8. The Bertz CT molecular complexity index is 834. The fraction of sp³-hybridized carbons (Fsp3) is 0.500. The van der Waals surface area contributed by atoms with Crippen molar-refractivity contribution in [1.82, 2.24) is 19.5 Å². The maximum Gasteiger partial charge on any atom is 0.472 e. The molecule has 2 aromatic rings. The molecule has 2 aliphatic rings. The first-order valence-corrected chi connectivity index (χ1v) is 7.85. The summed E-state index contributed by atoms with van der Waals surface area (Å²) < 4.78 is 27.9. The molecule has 4 heterocycles. The lowest BCUT2D eigenvalue weighted by Gasteiger charge is -2.27. The van der Waals surface area contributed by atoms with Crippen LogP contribution in [0.4, 0.5) is 0 Å². The number of nitrogens with zero attached hydrogens (tertiary/aromatic N) is 3. The van der Waals surface area contributed by atoms with Crippen LogP contribution in [0.3, 0.4) is 0 Å². The number of ether oxygens (including phenoxy) is 1. The highest BCUT2D eigenvalue weighted by Crippen LogP contribution is 2.52. The lowest BCUT2D eigenvalue weighted by atomic mass is 10.1. The van der Waals surface area contributed by atoms with E-state index in [9.17, 15) is 19.4 Å². The van der Waals surface area contributed by atoms with Crippen LogP contribution in [0.1, 0.15) is 6.23 Å². The standard InChI is InChI=1S/C10H11N4O7P/c15-6-7-4(1-19-22(17,18)21-7)20-10(6)14-3-13-5-8(14)11-2-12-9(5)16/h2-4,6-7,10,15H,1H2,(H,17,18)(H,11,12,16)/t4-,6-,7+,10-/m0/s1. The number of hydrogen-bond donors (Lipinski definition) is 3. The van der Waals surface area contributed by atoms with Gasteiger partial charge in [0.2, 0.25) is 0 Å². The third-order valence-electron chi connectivity index (χ3n) is 3.61. The number of phosphoric acid groups is 1. The normalized spacial score (nSPS) is 38.3. The maximum absolute atomic E-state index is 11.6. The molecule has 22 heavy (non-hydrogen) atoms. The Morgan fingerprint density at radius 2 is 2.27 bits per heavy atom. The Kier molecular flexibility index (Phi) is 2.98. The molecule has 0 aliphatic carbocycles. The highest BCUT2D eigenvalue weighted by molar-refractivity contribution is 7.47. The molecular weight excluding hydrogens is 319 g/mol. The highest BCUT2D eigenvalue weighted by atomic mass is 31.2. The van der Waals surface area contributed by atoms with Crippen molar-refractivity contribution in [3.63, 3.8) is 0 Å². The smallest absolute Gasteiger partial charge is 0.386 e. The van der Waals surface area contributed by atoms with Crippen LogP contribution < -0.4 is 5.56 Å². The molecule has 3 N–H and O–H groups in total. The second kappa shape index (κ2) is 4.69. The molecule has 2 aliphatic heterocycles. The Morgan fingerprint density at radius 3 is 3.09 bits per heavy atom. The Labute approximate surface area is 122 Å². The van der Waals surface area contributed by atoms with E-state index in [0.717, 1.165) is 0 Å². The summed E-state index contributed by atoms with van der Waals surface area (Å²) in [6.45, 7) is -0.188. The molecule has 5 atom stereocenters. The van der Waals surface area contributed by atoms with Crippen molar-refractivity contribution in [2.45, 2.75) is 24.5 Å². The minimum atomic E-state index is -4.19. The van der Waals surface area contributed by atoms with Gasteiger partial charge in [-0.15, -0.1) is 0 Å². The first kappa shape index (κ1) is 14.0. The van der Waals surface area contributed by atoms with Crippen LogP contribution in [0.5, 0.6) is 0 Å². The molecule has 2 aromatic heterocycles. The van der Waals surface area contributed by atoms with Crippen LogP contribution in [0, 0.1) is 0 Å². The van der Waals surface area contributed by atoms with Gasteiger partial charge in [-0.05, 0) is 0 Å². The van der Waals surface area contributed by atoms with Crippen LogP contribution in [0.15, 0.2) is 17.4 Å².